The molecule has 1 saturated carbocycles. The van der Waals surface area contributed by atoms with E-state index in [1.54, 1.807) is 0 Å². The maximum absolute atomic E-state index is 12.5. The van der Waals surface area contributed by atoms with E-state index in [2.05, 4.69) is 33.2 Å². The first-order valence-electron chi connectivity index (χ1n) is 10.1. The van der Waals surface area contributed by atoms with Crippen LogP contribution in [0.5, 0.6) is 0 Å². The zero-order valence-electron chi connectivity index (χ0n) is 16.0. The van der Waals surface area contributed by atoms with Gasteiger partial charge in [-0.05, 0) is 59.7 Å². The van der Waals surface area contributed by atoms with Gasteiger partial charge < -0.3 is 10.6 Å². The van der Waals surface area contributed by atoms with Crippen molar-refractivity contribution in [2.75, 3.05) is 5.32 Å². The van der Waals surface area contributed by atoms with E-state index < -0.39 is 0 Å². The van der Waals surface area contributed by atoms with Crippen LogP contribution >= 0.6 is 22.6 Å². The van der Waals surface area contributed by atoms with Gasteiger partial charge in [-0.25, -0.2) is 0 Å². The van der Waals surface area contributed by atoms with Crippen molar-refractivity contribution in [2.45, 2.75) is 76.7 Å². The van der Waals surface area contributed by atoms with Crippen molar-refractivity contribution in [1.29, 1.82) is 5.26 Å². The van der Waals surface area contributed by atoms with Crippen LogP contribution in [0.3, 0.4) is 0 Å². The van der Waals surface area contributed by atoms with E-state index in [9.17, 15) is 10.1 Å². The average Bonchev–Trinajstić information content (AvgIpc) is 2.66. The Bertz CT molecular complexity index is 637. The monoisotopic (exact) mass is 479 g/mol. The number of carbonyl (C=O) groups is 1. The molecule has 1 aromatic rings. The van der Waals surface area contributed by atoms with Crippen LogP contribution in [-0.4, -0.2) is 11.9 Å². The largest absolute Gasteiger partial charge is 0.360 e. The van der Waals surface area contributed by atoms with E-state index in [1.165, 1.54) is 51.1 Å². The summed E-state index contributed by atoms with van der Waals surface area (Å²) in [4.78, 5) is 12.5. The van der Waals surface area contributed by atoms with Gasteiger partial charge in [0.1, 0.15) is 11.6 Å². The fraction of sp³-hybridized carbons (Fsp3) is 0.545. The number of hydrogen-bond donors (Lipinski definition) is 2. The molecule has 0 heterocycles. The van der Waals surface area contributed by atoms with Crippen molar-refractivity contribution >= 4 is 34.2 Å². The minimum Gasteiger partial charge on any atom is -0.360 e. The van der Waals surface area contributed by atoms with Crippen molar-refractivity contribution in [1.82, 2.24) is 5.32 Å². The smallest absolute Gasteiger partial charge is 0.263 e. The summed E-state index contributed by atoms with van der Waals surface area (Å²) in [7, 11) is 0. The van der Waals surface area contributed by atoms with Gasteiger partial charge in [0.25, 0.3) is 5.91 Å². The van der Waals surface area contributed by atoms with Crippen LogP contribution in [0, 0.1) is 14.9 Å². The van der Waals surface area contributed by atoms with Crippen molar-refractivity contribution < 1.29 is 4.79 Å². The van der Waals surface area contributed by atoms with Crippen LogP contribution in [0.2, 0.25) is 0 Å². The molecule has 0 radical (unpaired) electrons. The number of rotatable bonds is 4. The molecule has 0 aromatic heterocycles. The summed E-state index contributed by atoms with van der Waals surface area (Å²) in [6, 6.07) is 10.0. The molecule has 0 bridgehead atoms. The van der Waals surface area contributed by atoms with Gasteiger partial charge >= 0.3 is 0 Å². The summed E-state index contributed by atoms with van der Waals surface area (Å²) >= 11 is 2.24. The summed E-state index contributed by atoms with van der Waals surface area (Å²) in [5.74, 6) is -0.271. The summed E-state index contributed by atoms with van der Waals surface area (Å²) in [6.07, 6.45) is 14.9. The molecule has 1 amide bonds. The fourth-order valence-corrected chi connectivity index (χ4v) is 3.78. The Morgan fingerprint density at radius 2 is 1.48 bits per heavy atom. The molecule has 1 aromatic carbocycles. The van der Waals surface area contributed by atoms with Crippen LogP contribution in [0.4, 0.5) is 5.69 Å². The maximum Gasteiger partial charge on any atom is 0.263 e. The SMILES string of the molecule is N#C/C(=C/Nc1ccc(I)cc1)C(=O)NC1CCCCCCCCCCC1. The number of anilines is 1. The zero-order chi connectivity index (χ0) is 19.3. The van der Waals surface area contributed by atoms with Gasteiger partial charge in [-0.2, -0.15) is 5.26 Å². The van der Waals surface area contributed by atoms with Crippen molar-refractivity contribution in [3.63, 3.8) is 0 Å². The number of nitrogens with zero attached hydrogens (tertiary/aromatic N) is 1. The van der Waals surface area contributed by atoms with Crippen LogP contribution < -0.4 is 10.6 Å². The third-order valence-electron chi connectivity index (χ3n) is 5.03. The molecule has 1 aliphatic rings. The summed E-state index contributed by atoms with van der Waals surface area (Å²) in [5.41, 5.74) is 0.988. The molecule has 0 atom stereocenters. The Morgan fingerprint density at radius 3 is 2.00 bits per heavy atom. The predicted octanol–water partition coefficient (Wildman–Crippen LogP) is 5.90. The van der Waals surface area contributed by atoms with Gasteiger partial charge in [-0.3, -0.25) is 4.79 Å². The number of hydrogen-bond acceptors (Lipinski definition) is 3. The summed E-state index contributed by atoms with van der Waals surface area (Å²) in [6.45, 7) is 0. The highest BCUT2D eigenvalue weighted by molar-refractivity contribution is 14.1. The standard InChI is InChI=1S/C22H30IN3O/c23-19-12-14-20(15-13-19)25-17-18(16-24)22(27)26-21-10-8-6-4-2-1-3-5-7-9-11-21/h12-15,17,21,25H,1-11H2,(H,26,27)/b18-17-. The van der Waals surface area contributed by atoms with Crippen molar-refractivity contribution in [3.8, 4) is 6.07 Å². The zero-order valence-corrected chi connectivity index (χ0v) is 18.1. The van der Waals surface area contributed by atoms with E-state index >= 15 is 0 Å². The molecular weight excluding hydrogens is 449 g/mol. The highest BCUT2D eigenvalue weighted by Crippen LogP contribution is 2.17. The Morgan fingerprint density at radius 1 is 0.963 bits per heavy atom. The molecule has 0 saturated heterocycles. The van der Waals surface area contributed by atoms with Crippen LogP contribution in [-0.2, 0) is 4.79 Å². The molecule has 2 rings (SSSR count). The molecular formula is C22H30IN3O. The molecule has 2 N–H and O–H groups in total. The van der Waals surface area contributed by atoms with Gasteiger partial charge in [0.05, 0.1) is 0 Å². The topological polar surface area (TPSA) is 64.9 Å². The minimum atomic E-state index is -0.271. The highest BCUT2D eigenvalue weighted by Gasteiger charge is 2.16. The lowest BCUT2D eigenvalue weighted by Crippen LogP contribution is -2.35. The highest BCUT2D eigenvalue weighted by atomic mass is 127. The van der Waals surface area contributed by atoms with Gasteiger partial charge in [-0.1, -0.05) is 57.8 Å². The van der Waals surface area contributed by atoms with Gasteiger partial charge in [0.2, 0.25) is 0 Å². The number of benzene rings is 1. The van der Waals surface area contributed by atoms with Gasteiger partial charge in [-0.15, -0.1) is 0 Å². The van der Waals surface area contributed by atoms with Crippen LogP contribution in [0.25, 0.3) is 0 Å². The number of nitriles is 1. The molecule has 0 unspecified atom stereocenters. The second-order valence-corrected chi connectivity index (χ2v) is 8.50. The Labute approximate surface area is 176 Å². The van der Waals surface area contributed by atoms with Crippen LogP contribution in [0.15, 0.2) is 36.0 Å². The van der Waals surface area contributed by atoms with E-state index in [0.717, 1.165) is 34.9 Å². The van der Waals surface area contributed by atoms with Crippen LogP contribution in [0.1, 0.15) is 70.6 Å². The first-order valence-corrected chi connectivity index (χ1v) is 11.2. The quantitative estimate of drug-likeness (QED) is 0.321. The number of nitrogens with one attached hydrogen (secondary N) is 2. The molecule has 27 heavy (non-hydrogen) atoms. The normalized spacial score (nSPS) is 17.9. The third kappa shape index (κ3) is 8.79. The Hall–Kier alpha value is -1.55. The molecule has 0 spiro atoms. The lowest BCUT2D eigenvalue weighted by Gasteiger charge is -2.19. The van der Waals surface area contributed by atoms with E-state index in [0.29, 0.717) is 0 Å². The number of carbonyl (C=O) groups excluding carboxylic acids is 1. The van der Waals surface area contributed by atoms with Gasteiger partial charge in [0, 0.05) is 21.5 Å². The summed E-state index contributed by atoms with van der Waals surface area (Å²) in [5, 5.41) is 15.5. The van der Waals surface area contributed by atoms with Crippen molar-refractivity contribution in [2.24, 2.45) is 0 Å². The van der Waals surface area contributed by atoms with E-state index in [4.69, 9.17) is 0 Å². The first-order chi connectivity index (χ1) is 13.2. The second-order valence-electron chi connectivity index (χ2n) is 7.25. The first kappa shape index (κ1) is 21.7. The van der Waals surface area contributed by atoms with E-state index in [1.807, 2.05) is 30.3 Å². The van der Waals surface area contributed by atoms with Gasteiger partial charge in [0.15, 0.2) is 0 Å². The molecule has 5 heteroatoms. The minimum absolute atomic E-state index is 0.125. The second kappa shape index (κ2) is 12.8. The molecule has 1 fully saturated rings. The number of halogens is 1. The Kier molecular flexibility index (Phi) is 10.3. The molecule has 4 nitrogen and oxygen atoms in total. The average molecular weight is 479 g/mol. The summed E-state index contributed by atoms with van der Waals surface area (Å²) < 4.78 is 1.14. The Balaban J connectivity index is 1.90. The maximum atomic E-state index is 12.5. The van der Waals surface area contributed by atoms with E-state index in [-0.39, 0.29) is 17.5 Å². The third-order valence-corrected chi connectivity index (χ3v) is 5.75. The lowest BCUT2D eigenvalue weighted by molar-refractivity contribution is -0.117. The predicted molar refractivity (Wildman–Crippen MR) is 119 cm³/mol. The fourth-order valence-electron chi connectivity index (χ4n) is 3.42. The molecule has 0 aliphatic heterocycles. The van der Waals surface area contributed by atoms with Crippen molar-refractivity contribution in [3.05, 3.63) is 39.6 Å². The number of amides is 1. The lowest BCUT2D eigenvalue weighted by atomic mass is 9.98. The molecule has 146 valence electrons. The molecule has 1 aliphatic carbocycles.